The quantitative estimate of drug-likeness (QED) is 0.855. The van der Waals surface area contributed by atoms with Crippen LogP contribution in [0.4, 0.5) is 0 Å². The van der Waals surface area contributed by atoms with Crippen LogP contribution in [-0.4, -0.2) is 25.8 Å². The predicted octanol–water partition coefficient (Wildman–Crippen LogP) is 2.21. The molecule has 1 amide bonds. The molecule has 0 atom stereocenters. The lowest BCUT2D eigenvalue weighted by Gasteiger charge is -2.08. The van der Waals surface area contributed by atoms with Crippen LogP contribution < -0.4 is 0 Å². The van der Waals surface area contributed by atoms with Crippen LogP contribution in [0.3, 0.4) is 0 Å². The van der Waals surface area contributed by atoms with E-state index in [2.05, 4.69) is 0 Å². The first-order chi connectivity index (χ1) is 8.50. The molecule has 1 heterocycles. The Balaban J connectivity index is 2.25. The SMILES string of the molecule is O=C1CCCN1/C=C/S(=O)(=O)c1ccccc1Cl. The van der Waals surface area contributed by atoms with Gasteiger partial charge in [0.2, 0.25) is 15.7 Å². The van der Waals surface area contributed by atoms with Crippen molar-refractivity contribution in [1.82, 2.24) is 4.90 Å². The van der Waals surface area contributed by atoms with Gasteiger partial charge in [0, 0.05) is 19.2 Å². The van der Waals surface area contributed by atoms with Crippen molar-refractivity contribution in [1.29, 1.82) is 0 Å². The zero-order chi connectivity index (χ0) is 13.2. The minimum Gasteiger partial charge on any atom is -0.318 e. The number of nitrogens with zero attached hydrogens (tertiary/aromatic N) is 1. The molecule has 1 fully saturated rings. The Hall–Kier alpha value is -1.33. The Morgan fingerprint density at radius 2 is 2.00 bits per heavy atom. The summed E-state index contributed by atoms with van der Waals surface area (Å²) in [6.45, 7) is 0.563. The van der Waals surface area contributed by atoms with E-state index >= 15 is 0 Å². The second-order valence-electron chi connectivity index (χ2n) is 3.95. The van der Waals surface area contributed by atoms with Gasteiger partial charge in [0.1, 0.15) is 0 Å². The van der Waals surface area contributed by atoms with Crippen LogP contribution in [0.5, 0.6) is 0 Å². The Kier molecular flexibility index (Phi) is 3.73. The smallest absolute Gasteiger partial charge is 0.226 e. The molecule has 0 saturated carbocycles. The monoisotopic (exact) mass is 285 g/mol. The summed E-state index contributed by atoms with van der Waals surface area (Å²) in [6, 6.07) is 6.22. The summed E-state index contributed by atoms with van der Waals surface area (Å²) in [5, 5.41) is 1.20. The first-order valence-electron chi connectivity index (χ1n) is 5.48. The van der Waals surface area contributed by atoms with E-state index in [0.29, 0.717) is 13.0 Å². The highest BCUT2D eigenvalue weighted by Gasteiger charge is 2.19. The minimum absolute atomic E-state index is 0.0505. The third-order valence-electron chi connectivity index (χ3n) is 2.67. The summed E-state index contributed by atoms with van der Waals surface area (Å²) >= 11 is 5.84. The lowest BCUT2D eigenvalue weighted by molar-refractivity contribution is -0.125. The zero-order valence-electron chi connectivity index (χ0n) is 9.54. The predicted molar refractivity (Wildman–Crippen MR) is 68.7 cm³/mol. The third-order valence-corrected chi connectivity index (χ3v) is 4.56. The Morgan fingerprint density at radius 1 is 1.28 bits per heavy atom. The van der Waals surface area contributed by atoms with Crippen molar-refractivity contribution in [3.05, 3.63) is 40.9 Å². The number of hydrogen-bond acceptors (Lipinski definition) is 3. The molecule has 0 aliphatic carbocycles. The fourth-order valence-corrected chi connectivity index (χ4v) is 3.25. The Morgan fingerprint density at radius 3 is 2.61 bits per heavy atom. The van der Waals surface area contributed by atoms with E-state index in [9.17, 15) is 13.2 Å². The van der Waals surface area contributed by atoms with Gasteiger partial charge < -0.3 is 4.90 Å². The number of hydrogen-bond donors (Lipinski definition) is 0. The molecule has 18 heavy (non-hydrogen) atoms. The molecule has 0 spiro atoms. The third kappa shape index (κ3) is 2.73. The van der Waals surface area contributed by atoms with E-state index in [1.807, 2.05) is 0 Å². The number of halogens is 1. The van der Waals surface area contributed by atoms with Gasteiger partial charge >= 0.3 is 0 Å². The lowest BCUT2D eigenvalue weighted by Crippen LogP contribution is -2.17. The first kappa shape index (κ1) is 13.1. The molecule has 1 aliphatic rings. The molecule has 0 bridgehead atoms. The van der Waals surface area contributed by atoms with E-state index in [1.165, 1.54) is 23.2 Å². The summed E-state index contributed by atoms with van der Waals surface area (Å²) in [7, 11) is -3.61. The normalized spacial score (nSPS) is 16.7. The molecule has 96 valence electrons. The fraction of sp³-hybridized carbons (Fsp3) is 0.250. The van der Waals surface area contributed by atoms with Crippen molar-refractivity contribution in [2.75, 3.05) is 6.54 Å². The highest BCUT2D eigenvalue weighted by atomic mass is 35.5. The van der Waals surface area contributed by atoms with E-state index in [1.54, 1.807) is 12.1 Å². The molecular weight excluding hydrogens is 274 g/mol. The van der Waals surface area contributed by atoms with Crippen molar-refractivity contribution in [3.63, 3.8) is 0 Å². The standard InChI is InChI=1S/C12H12ClNO3S/c13-10-4-1-2-5-11(10)18(16,17)9-8-14-7-3-6-12(14)15/h1-2,4-5,8-9H,3,6-7H2/b9-8+. The number of carbonyl (C=O) groups excluding carboxylic acids is 1. The second-order valence-corrected chi connectivity index (χ2v) is 6.16. The van der Waals surface area contributed by atoms with Crippen molar-refractivity contribution in [2.24, 2.45) is 0 Å². The molecule has 1 saturated heterocycles. The maximum Gasteiger partial charge on any atom is 0.226 e. The molecule has 0 aromatic heterocycles. The summed E-state index contributed by atoms with van der Waals surface area (Å²) < 4.78 is 24.0. The van der Waals surface area contributed by atoms with Crippen LogP contribution in [0.1, 0.15) is 12.8 Å². The molecule has 1 aromatic carbocycles. The number of likely N-dealkylation sites (tertiary alicyclic amines) is 1. The highest BCUT2D eigenvalue weighted by Crippen LogP contribution is 2.22. The van der Waals surface area contributed by atoms with Gasteiger partial charge in [-0.2, -0.15) is 0 Å². The van der Waals surface area contributed by atoms with Gasteiger partial charge in [-0.05, 0) is 18.6 Å². The van der Waals surface area contributed by atoms with Crippen molar-refractivity contribution >= 4 is 27.3 Å². The largest absolute Gasteiger partial charge is 0.318 e. The molecule has 0 unspecified atom stereocenters. The van der Waals surface area contributed by atoms with E-state index in [0.717, 1.165) is 11.8 Å². The molecule has 0 radical (unpaired) electrons. The van der Waals surface area contributed by atoms with Gasteiger partial charge in [-0.25, -0.2) is 8.42 Å². The van der Waals surface area contributed by atoms with Crippen molar-refractivity contribution in [2.45, 2.75) is 17.7 Å². The summed E-state index contributed by atoms with van der Waals surface area (Å²) in [5.41, 5.74) is 0. The summed E-state index contributed by atoms with van der Waals surface area (Å²) in [5.74, 6) is -0.0550. The number of sulfone groups is 1. The number of rotatable bonds is 3. The fourth-order valence-electron chi connectivity index (χ4n) is 1.73. The lowest BCUT2D eigenvalue weighted by atomic mass is 10.4. The van der Waals surface area contributed by atoms with Crippen LogP contribution in [0.15, 0.2) is 40.8 Å². The molecule has 0 N–H and O–H groups in total. The van der Waals surface area contributed by atoms with Crippen LogP contribution >= 0.6 is 11.6 Å². The van der Waals surface area contributed by atoms with Gasteiger partial charge in [0.05, 0.1) is 15.3 Å². The molecule has 4 nitrogen and oxygen atoms in total. The van der Waals surface area contributed by atoms with Crippen molar-refractivity contribution in [3.8, 4) is 0 Å². The van der Waals surface area contributed by atoms with Gasteiger partial charge in [-0.15, -0.1) is 0 Å². The molecule has 6 heteroatoms. The second kappa shape index (κ2) is 5.12. The Bertz CT molecular complexity index is 595. The van der Waals surface area contributed by atoms with Crippen LogP contribution in [0.2, 0.25) is 5.02 Å². The van der Waals surface area contributed by atoms with E-state index < -0.39 is 9.84 Å². The molecule has 2 rings (SSSR count). The molecule has 1 aliphatic heterocycles. The number of carbonyl (C=O) groups is 1. The number of amides is 1. The van der Waals surface area contributed by atoms with E-state index in [4.69, 9.17) is 11.6 Å². The minimum atomic E-state index is -3.61. The maximum absolute atomic E-state index is 12.0. The topological polar surface area (TPSA) is 54.5 Å². The van der Waals surface area contributed by atoms with Crippen LogP contribution in [0, 0.1) is 0 Å². The zero-order valence-corrected chi connectivity index (χ0v) is 11.1. The average Bonchev–Trinajstić information content (AvgIpc) is 2.73. The summed E-state index contributed by atoms with van der Waals surface area (Å²) in [4.78, 5) is 12.8. The van der Waals surface area contributed by atoms with Crippen LogP contribution in [-0.2, 0) is 14.6 Å². The average molecular weight is 286 g/mol. The highest BCUT2D eigenvalue weighted by molar-refractivity contribution is 7.94. The van der Waals surface area contributed by atoms with Crippen molar-refractivity contribution < 1.29 is 13.2 Å². The summed E-state index contributed by atoms with van der Waals surface area (Å²) in [6.07, 6.45) is 2.54. The van der Waals surface area contributed by atoms with E-state index in [-0.39, 0.29) is 15.8 Å². The maximum atomic E-state index is 12.0. The van der Waals surface area contributed by atoms with Gasteiger partial charge in [0.15, 0.2) is 0 Å². The van der Waals surface area contributed by atoms with Crippen LogP contribution in [0.25, 0.3) is 0 Å². The van der Waals surface area contributed by atoms with Gasteiger partial charge in [-0.3, -0.25) is 4.79 Å². The molecular formula is C12H12ClNO3S. The van der Waals surface area contributed by atoms with Gasteiger partial charge in [-0.1, -0.05) is 23.7 Å². The molecule has 1 aromatic rings. The first-order valence-corrected chi connectivity index (χ1v) is 7.40. The number of benzene rings is 1. The Labute approximate surface area is 111 Å². The van der Waals surface area contributed by atoms with Gasteiger partial charge in [0.25, 0.3) is 0 Å².